The summed E-state index contributed by atoms with van der Waals surface area (Å²) in [5, 5.41) is 4.02. The molecule has 0 aliphatic rings. The van der Waals surface area contributed by atoms with E-state index in [9.17, 15) is 0 Å². The largest absolute Gasteiger partial charge is 0.439 e. The van der Waals surface area contributed by atoms with E-state index in [1.165, 1.54) is 0 Å². The monoisotopic (exact) mass is 290 g/mol. The standard InChI is InChI=1S/C16H19ClN2O/c1-4-18-12(3)13-7-8-19-16(9-13)20-15-10-14(17)6-5-11(15)2/h5-10,12,18H,4H2,1-3H3. The third-order valence-electron chi connectivity index (χ3n) is 3.13. The van der Waals surface area contributed by atoms with Crippen molar-refractivity contribution in [2.24, 2.45) is 0 Å². The van der Waals surface area contributed by atoms with Crippen LogP contribution in [0.5, 0.6) is 11.6 Å². The molecule has 1 aromatic carbocycles. The molecular weight excluding hydrogens is 272 g/mol. The number of nitrogens with zero attached hydrogens (tertiary/aromatic N) is 1. The molecule has 0 amide bonds. The van der Waals surface area contributed by atoms with Crippen LogP contribution in [0.25, 0.3) is 0 Å². The average Bonchev–Trinajstić information content (AvgIpc) is 2.43. The topological polar surface area (TPSA) is 34.2 Å². The number of nitrogens with one attached hydrogen (secondary N) is 1. The number of ether oxygens (including phenoxy) is 1. The van der Waals surface area contributed by atoms with Gasteiger partial charge in [0.15, 0.2) is 0 Å². The van der Waals surface area contributed by atoms with Crippen LogP contribution in [0.1, 0.15) is 31.0 Å². The lowest BCUT2D eigenvalue weighted by Crippen LogP contribution is -2.17. The van der Waals surface area contributed by atoms with E-state index >= 15 is 0 Å². The minimum Gasteiger partial charge on any atom is -0.439 e. The molecule has 1 unspecified atom stereocenters. The lowest BCUT2D eigenvalue weighted by Gasteiger charge is -2.14. The van der Waals surface area contributed by atoms with Crippen LogP contribution in [0.4, 0.5) is 0 Å². The van der Waals surface area contributed by atoms with Gasteiger partial charge in [-0.15, -0.1) is 0 Å². The van der Waals surface area contributed by atoms with Gasteiger partial charge in [-0.1, -0.05) is 24.6 Å². The number of aryl methyl sites for hydroxylation is 1. The first-order valence-corrected chi connectivity index (χ1v) is 7.11. The average molecular weight is 291 g/mol. The molecule has 106 valence electrons. The maximum Gasteiger partial charge on any atom is 0.219 e. The van der Waals surface area contributed by atoms with E-state index in [0.29, 0.717) is 10.9 Å². The molecule has 1 N–H and O–H groups in total. The van der Waals surface area contributed by atoms with Gasteiger partial charge >= 0.3 is 0 Å². The van der Waals surface area contributed by atoms with E-state index in [2.05, 4.69) is 24.1 Å². The molecule has 0 saturated carbocycles. The molecule has 20 heavy (non-hydrogen) atoms. The van der Waals surface area contributed by atoms with E-state index in [1.54, 1.807) is 12.3 Å². The summed E-state index contributed by atoms with van der Waals surface area (Å²) in [5.74, 6) is 1.32. The molecule has 1 aromatic heterocycles. The van der Waals surface area contributed by atoms with Gasteiger partial charge in [0, 0.05) is 23.3 Å². The second-order valence-corrected chi connectivity index (χ2v) is 5.16. The van der Waals surface area contributed by atoms with Crippen LogP contribution < -0.4 is 10.1 Å². The Morgan fingerprint density at radius 2 is 2.10 bits per heavy atom. The molecule has 0 bridgehead atoms. The summed E-state index contributed by atoms with van der Waals surface area (Å²) in [5.41, 5.74) is 2.18. The van der Waals surface area contributed by atoms with Crippen LogP contribution in [-0.2, 0) is 0 Å². The number of rotatable bonds is 5. The fourth-order valence-electron chi connectivity index (χ4n) is 1.97. The van der Waals surface area contributed by atoms with Gasteiger partial charge in [-0.25, -0.2) is 4.98 Å². The van der Waals surface area contributed by atoms with Crippen molar-refractivity contribution in [2.75, 3.05) is 6.54 Å². The summed E-state index contributed by atoms with van der Waals surface area (Å²) >= 11 is 6.00. The molecule has 0 fully saturated rings. The van der Waals surface area contributed by atoms with Crippen molar-refractivity contribution in [2.45, 2.75) is 26.8 Å². The molecular formula is C16H19ClN2O. The van der Waals surface area contributed by atoms with Crippen LogP contribution in [0.3, 0.4) is 0 Å². The molecule has 3 nitrogen and oxygen atoms in total. The van der Waals surface area contributed by atoms with E-state index in [-0.39, 0.29) is 6.04 Å². The number of hydrogen-bond donors (Lipinski definition) is 1. The van der Waals surface area contributed by atoms with Gasteiger partial charge in [0.25, 0.3) is 0 Å². The molecule has 1 heterocycles. The van der Waals surface area contributed by atoms with Crippen molar-refractivity contribution in [1.29, 1.82) is 0 Å². The molecule has 1 atom stereocenters. The van der Waals surface area contributed by atoms with Gasteiger partial charge < -0.3 is 10.1 Å². The van der Waals surface area contributed by atoms with Gasteiger partial charge in [0.2, 0.25) is 5.88 Å². The summed E-state index contributed by atoms with van der Waals surface area (Å²) in [6.07, 6.45) is 1.76. The number of hydrogen-bond acceptors (Lipinski definition) is 3. The summed E-state index contributed by atoms with van der Waals surface area (Å²) < 4.78 is 5.84. The Morgan fingerprint density at radius 3 is 2.85 bits per heavy atom. The third kappa shape index (κ3) is 3.71. The van der Waals surface area contributed by atoms with Crippen LogP contribution in [-0.4, -0.2) is 11.5 Å². The zero-order valence-corrected chi connectivity index (χ0v) is 12.7. The zero-order chi connectivity index (χ0) is 14.5. The Bertz CT molecular complexity index is 586. The van der Waals surface area contributed by atoms with Gasteiger partial charge in [-0.05, 0) is 49.7 Å². The fourth-order valence-corrected chi connectivity index (χ4v) is 2.13. The van der Waals surface area contributed by atoms with Gasteiger partial charge in [-0.3, -0.25) is 0 Å². The molecule has 4 heteroatoms. The fraction of sp³-hybridized carbons (Fsp3) is 0.312. The lowest BCUT2D eigenvalue weighted by molar-refractivity contribution is 0.457. The number of halogens is 1. The Morgan fingerprint density at radius 1 is 1.30 bits per heavy atom. The zero-order valence-electron chi connectivity index (χ0n) is 12.0. The predicted molar refractivity (Wildman–Crippen MR) is 82.6 cm³/mol. The molecule has 0 aliphatic heterocycles. The SMILES string of the molecule is CCNC(C)c1ccnc(Oc2cc(Cl)ccc2C)c1. The molecule has 0 saturated heterocycles. The minimum absolute atomic E-state index is 0.269. The Kier molecular flexibility index (Phi) is 4.99. The highest BCUT2D eigenvalue weighted by Crippen LogP contribution is 2.27. The maximum absolute atomic E-state index is 6.00. The van der Waals surface area contributed by atoms with Crippen LogP contribution >= 0.6 is 11.6 Å². The van der Waals surface area contributed by atoms with E-state index < -0.39 is 0 Å². The predicted octanol–water partition coefficient (Wildman–Crippen LogP) is 4.51. The van der Waals surface area contributed by atoms with E-state index in [4.69, 9.17) is 16.3 Å². The number of pyridine rings is 1. The van der Waals surface area contributed by atoms with Crippen LogP contribution in [0.2, 0.25) is 5.02 Å². The van der Waals surface area contributed by atoms with Crippen molar-refractivity contribution >= 4 is 11.6 Å². The Balaban J connectivity index is 2.21. The van der Waals surface area contributed by atoms with Crippen LogP contribution in [0, 0.1) is 6.92 Å². The maximum atomic E-state index is 6.00. The van der Waals surface area contributed by atoms with Gasteiger partial charge in [0.1, 0.15) is 5.75 Å². The Labute approximate surface area is 124 Å². The lowest BCUT2D eigenvalue weighted by atomic mass is 10.1. The van der Waals surface area contributed by atoms with Crippen LogP contribution in [0.15, 0.2) is 36.5 Å². The van der Waals surface area contributed by atoms with Crippen molar-refractivity contribution < 1.29 is 4.74 Å². The van der Waals surface area contributed by atoms with E-state index in [1.807, 2.05) is 31.2 Å². The summed E-state index contributed by atoms with van der Waals surface area (Å²) in [6, 6.07) is 9.80. The highest BCUT2D eigenvalue weighted by molar-refractivity contribution is 6.30. The first kappa shape index (κ1) is 14.8. The molecule has 0 aliphatic carbocycles. The van der Waals surface area contributed by atoms with Gasteiger partial charge in [-0.2, -0.15) is 0 Å². The van der Waals surface area contributed by atoms with Gasteiger partial charge in [0.05, 0.1) is 0 Å². The van der Waals surface area contributed by atoms with Crippen molar-refractivity contribution in [3.05, 3.63) is 52.7 Å². The highest BCUT2D eigenvalue weighted by Gasteiger charge is 2.08. The highest BCUT2D eigenvalue weighted by atomic mass is 35.5. The minimum atomic E-state index is 0.269. The summed E-state index contributed by atoms with van der Waals surface area (Å²) in [7, 11) is 0. The first-order chi connectivity index (χ1) is 9.60. The smallest absolute Gasteiger partial charge is 0.219 e. The number of aromatic nitrogens is 1. The van der Waals surface area contributed by atoms with Crippen molar-refractivity contribution in [3.8, 4) is 11.6 Å². The molecule has 0 spiro atoms. The third-order valence-corrected chi connectivity index (χ3v) is 3.37. The van der Waals surface area contributed by atoms with E-state index in [0.717, 1.165) is 23.4 Å². The second kappa shape index (κ2) is 6.73. The molecule has 0 radical (unpaired) electrons. The first-order valence-electron chi connectivity index (χ1n) is 6.73. The van der Waals surface area contributed by atoms with Crippen molar-refractivity contribution in [3.63, 3.8) is 0 Å². The normalized spacial score (nSPS) is 12.2. The summed E-state index contributed by atoms with van der Waals surface area (Å²) in [4.78, 5) is 4.25. The van der Waals surface area contributed by atoms with Crippen molar-refractivity contribution in [1.82, 2.24) is 10.3 Å². The summed E-state index contributed by atoms with van der Waals surface area (Å²) in [6.45, 7) is 7.11. The molecule has 2 aromatic rings. The molecule has 2 rings (SSSR count). The second-order valence-electron chi connectivity index (χ2n) is 4.72. The number of benzene rings is 1. The quantitative estimate of drug-likeness (QED) is 0.880. The Hall–Kier alpha value is -1.58.